The Morgan fingerprint density at radius 2 is 1.55 bits per heavy atom. The second-order valence-electron chi connectivity index (χ2n) is 6.49. The van der Waals surface area contributed by atoms with Crippen LogP contribution in [0.2, 0.25) is 0 Å². The smallest absolute Gasteiger partial charge is 0.328 e. The van der Waals surface area contributed by atoms with E-state index in [-0.39, 0.29) is 12.2 Å². The summed E-state index contributed by atoms with van der Waals surface area (Å²) in [5, 5.41) is 42.6. The van der Waals surface area contributed by atoms with Crippen LogP contribution in [-0.2, 0) is 30.4 Å². The van der Waals surface area contributed by atoms with Gasteiger partial charge in [0.1, 0.15) is 17.8 Å². The van der Waals surface area contributed by atoms with Gasteiger partial charge in [-0.25, -0.2) is 4.79 Å². The van der Waals surface area contributed by atoms with Crippen molar-refractivity contribution in [1.82, 2.24) is 16.0 Å². The molecular formula is C18H24N4O9. The number of rotatable bonds is 12. The molecule has 0 heterocycles. The molecule has 0 aromatic heterocycles. The third kappa shape index (κ3) is 9.10. The molecule has 0 aliphatic heterocycles. The number of benzene rings is 1. The molecule has 13 nitrogen and oxygen atoms in total. The number of hydrogen-bond donors (Lipinski definition) is 8. The third-order valence-corrected chi connectivity index (χ3v) is 3.98. The number of carboxylic acids is 2. The minimum Gasteiger partial charge on any atom is -0.508 e. The highest BCUT2D eigenvalue weighted by molar-refractivity contribution is 5.93. The van der Waals surface area contributed by atoms with E-state index in [1.54, 1.807) is 0 Å². The first kappa shape index (κ1) is 25.3. The first-order valence-corrected chi connectivity index (χ1v) is 8.99. The van der Waals surface area contributed by atoms with E-state index in [2.05, 4.69) is 16.0 Å². The van der Waals surface area contributed by atoms with Crippen LogP contribution < -0.4 is 21.7 Å². The maximum absolute atomic E-state index is 12.5. The van der Waals surface area contributed by atoms with Gasteiger partial charge >= 0.3 is 11.9 Å². The van der Waals surface area contributed by atoms with E-state index in [0.29, 0.717) is 5.56 Å². The molecule has 13 heteroatoms. The summed E-state index contributed by atoms with van der Waals surface area (Å²) in [7, 11) is 0. The summed E-state index contributed by atoms with van der Waals surface area (Å²) in [6.45, 7) is -1.49. The number of aliphatic carboxylic acids is 2. The SMILES string of the molecule is NC(CC(=O)O)C(=O)NCC(=O)NC(Cc1ccc(O)cc1)C(=O)NC(CO)C(=O)O. The Morgan fingerprint density at radius 1 is 0.935 bits per heavy atom. The van der Waals surface area contributed by atoms with Crippen molar-refractivity contribution >= 4 is 29.7 Å². The molecule has 1 aromatic rings. The number of nitrogens with two attached hydrogens (primary N) is 1. The second-order valence-corrected chi connectivity index (χ2v) is 6.49. The summed E-state index contributed by atoms with van der Waals surface area (Å²) in [6, 6.07) is 1.41. The van der Waals surface area contributed by atoms with Crippen LogP contribution in [0.15, 0.2) is 24.3 Å². The van der Waals surface area contributed by atoms with Gasteiger partial charge in [-0.1, -0.05) is 12.1 Å². The van der Waals surface area contributed by atoms with E-state index in [0.717, 1.165) is 0 Å². The number of hydrogen-bond acceptors (Lipinski definition) is 8. The Bertz CT molecular complexity index is 813. The normalized spacial score (nSPS) is 13.4. The van der Waals surface area contributed by atoms with Gasteiger partial charge in [-0.2, -0.15) is 0 Å². The number of phenols is 1. The van der Waals surface area contributed by atoms with Gasteiger partial charge in [0, 0.05) is 6.42 Å². The molecule has 0 radical (unpaired) electrons. The van der Waals surface area contributed by atoms with Crippen molar-refractivity contribution in [3.63, 3.8) is 0 Å². The van der Waals surface area contributed by atoms with Gasteiger partial charge in [0.05, 0.1) is 25.6 Å². The zero-order valence-corrected chi connectivity index (χ0v) is 16.3. The van der Waals surface area contributed by atoms with E-state index in [9.17, 15) is 29.1 Å². The molecule has 1 aromatic carbocycles. The molecule has 1 rings (SSSR count). The van der Waals surface area contributed by atoms with Crippen LogP contribution in [0.25, 0.3) is 0 Å². The van der Waals surface area contributed by atoms with Gasteiger partial charge in [0.15, 0.2) is 0 Å². The fourth-order valence-corrected chi connectivity index (χ4v) is 2.36. The molecule has 3 unspecified atom stereocenters. The Kier molecular flexibility index (Phi) is 9.88. The van der Waals surface area contributed by atoms with Crippen LogP contribution in [0.3, 0.4) is 0 Å². The van der Waals surface area contributed by atoms with Crippen LogP contribution in [0, 0.1) is 0 Å². The predicted molar refractivity (Wildman–Crippen MR) is 104 cm³/mol. The molecule has 0 fully saturated rings. The number of aliphatic hydroxyl groups excluding tert-OH is 1. The average Bonchev–Trinajstić information content (AvgIpc) is 2.70. The fraction of sp³-hybridized carbons (Fsp3) is 0.389. The fourth-order valence-electron chi connectivity index (χ4n) is 2.36. The van der Waals surface area contributed by atoms with Crippen molar-refractivity contribution in [2.75, 3.05) is 13.2 Å². The van der Waals surface area contributed by atoms with Crippen LogP contribution in [0.4, 0.5) is 0 Å². The predicted octanol–water partition coefficient (Wildman–Crippen LogP) is -3.10. The molecule has 31 heavy (non-hydrogen) atoms. The number of aromatic hydroxyl groups is 1. The summed E-state index contributed by atoms with van der Waals surface area (Å²) >= 11 is 0. The lowest BCUT2D eigenvalue weighted by molar-refractivity contribution is -0.143. The highest BCUT2D eigenvalue weighted by Crippen LogP contribution is 2.11. The van der Waals surface area contributed by atoms with Crippen LogP contribution in [0.1, 0.15) is 12.0 Å². The summed E-state index contributed by atoms with van der Waals surface area (Å²) in [6.07, 6.45) is -0.737. The molecule has 0 saturated carbocycles. The zero-order valence-electron chi connectivity index (χ0n) is 16.3. The van der Waals surface area contributed by atoms with E-state index < -0.39 is 67.4 Å². The lowest BCUT2D eigenvalue weighted by atomic mass is 10.0. The second kappa shape index (κ2) is 12.1. The highest BCUT2D eigenvalue weighted by Gasteiger charge is 2.27. The lowest BCUT2D eigenvalue weighted by Gasteiger charge is -2.21. The Labute approximate surface area is 176 Å². The number of carboxylic acid groups (broad SMARTS) is 2. The molecule has 3 atom stereocenters. The minimum atomic E-state index is -1.60. The number of phenolic OH excluding ortho intramolecular Hbond substituents is 1. The van der Waals surface area contributed by atoms with Crippen molar-refractivity contribution in [2.45, 2.75) is 31.0 Å². The van der Waals surface area contributed by atoms with Crippen molar-refractivity contribution < 1.29 is 44.4 Å². The first-order chi connectivity index (χ1) is 14.5. The molecule has 0 aliphatic rings. The van der Waals surface area contributed by atoms with Crippen molar-refractivity contribution in [1.29, 1.82) is 0 Å². The summed E-state index contributed by atoms with van der Waals surface area (Å²) < 4.78 is 0. The van der Waals surface area contributed by atoms with Crippen molar-refractivity contribution in [3.05, 3.63) is 29.8 Å². The van der Waals surface area contributed by atoms with E-state index in [1.807, 2.05) is 0 Å². The van der Waals surface area contributed by atoms with Crippen LogP contribution >= 0.6 is 0 Å². The van der Waals surface area contributed by atoms with Crippen LogP contribution in [-0.4, -0.2) is 81.4 Å². The Balaban J connectivity index is 2.82. The molecule has 170 valence electrons. The Hall–Kier alpha value is -3.71. The highest BCUT2D eigenvalue weighted by atomic mass is 16.4. The summed E-state index contributed by atoms with van der Waals surface area (Å²) in [5.74, 6) is -5.42. The number of amides is 3. The van der Waals surface area contributed by atoms with Gasteiger partial charge < -0.3 is 42.1 Å². The number of nitrogens with one attached hydrogen (secondary N) is 3. The maximum atomic E-state index is 12.5. The topological polar surface area (TPSA) is 228 Å². The van der Waals surface area contributed by atoms with Gasteiger partial charge in [-0.3, -0.25) is 19.2 Å². The summed E-state index contributed by atoms with van der Waals surface area (Å²) in [5.41, 5.74) is 5.89. The molecule has 0 spiro atoms. The summed E-state index contributed by atoms with van der Waals surface area (Å²) in [4.78, 5) is 58.0. The van der Waals surface area contributed by atoms with Crippen molar-refractivity contribution in [3.8, 4) is 5.75 Å². The minimum absolute atomic E-state index is 0.0274. The third-order valence-electron chi connectivity index (χ3n) is 3.98. The van der Waals surface area contributed by atoms with Gasteiger partial charge in [0.2, 0.25) is 17.7 Å². The van der Waals surface area contributed by atoms with Gasteiger partial charge in [-0.05, 0) is 17.7 Å². The zero-order chi connectivity index (χ0) is 23.6. The standard InChI is InChI=1S/C18H24N4O9/c19-11(6-15(26)27)16(28)20-7-14(25)21-12(5-9-1-3-10(24)4-2-9)17(29)22-13(8-23)18(30)31/h1-4,11-13,23-24H,5-8,19H2,(H,20,28)(H,21,25)(H,22,29)(H,26,27)(H,30,31). The van der Waals surface area contributed by atoms with Crippen LogP contribution in [0.5, 0.6) is 5.75 Å². The van der Waals surface area contributed by atoms with E-state index in [1.165, 1.54) is 24.3 Å². The van der Waals surface area contributed by atoms with Crippen molar-refractivity contribution in [2.24, 2.45) is 5.73 Å². The molecule has 0 aliphatic carbocycles. The lowest BCUT2D eigenvalue weighted by Crippen LogP contribution is -2.55. The molecule has 0 saturated heterocycles. The molecule has 0 bridgehead atoms. The molecule has 9 N–H and O–H groups in total. The number of carbonyl (C=O) groups excluding carboxylic acids is 3. The Morgan fingerprint density at radius 3 is 2.06 bits per heavy atom. The number of aliphatic hydroxyl groups is 1. The quantitative estimate of drug-likeness (QED) is 0.163. The first-order valence-electron chi connectivity index (χ1n) is 8.99. The van der Waals surface area contributed by atoms with E-state index >= 15 is 0 Å². The monoisotopic (exact) mass is 440 g/mol. The molecule has 3 amide bonds. The van der Waals surface area contributed by atoms with Gasteiger partial charge in [0.25, 0.3) is 0 Å². The average molecular weight is 440 g/mol. The van der Waals surface area contributed by atoms with E-state index in [4.69, 9.17) is 21.1 Å². The van der Waals surface area contributed by atoms with Gasteiger partial charge in [-0.15, -0.1) is 0 Å². The molecular weight excluding hydrogens is 416 g/mol. The number of carbonyl (C=O) groups is 5. The largest absolute Gasteiger partial charge is 0.508 e. The maximum Gasteiger partial charge on any atom is 0.328 e.